The van der Waals surface area contributed by atoms with Gasteiger partial charge in [-0.2, -0.15) is 0 Å². The van der Waals surface area contributed by atoms with Crippen LogP contribution < -0.4 is 10.6 Å². The molecule has 0 radical (unpaired) electrons. The number of non-ortho nitro benzene ring substituents is 1. The summed E-state index contributed by atoms with van der Waals surface area (Å²) in [4.78, 5) is 22.1. The molecule has 0 spiro atoms. The van der Waals surface area contributed by atoms with Gasteiger partial charge in [-0.05, 0) is 38.4 Å². The Morgan fingerprint density at radius 2 is 2.11 bits per heavy atom. The highest BCUT2D eigenvalue weighted by Crippen LogP contribution is 2.13. The zero-order chi connectivity index (χ0) is 13.8. The average molecular weight is 263 g/mol. The van der Waals surface area contributed by atoms with Crippen molar-refractivity contribution in [3.63, 3.8) is 0 Å². The van der Waals surface area contributed by atoms with Gasteiger partial charge in [0, 0.05) is 29.8 Å². The monoisotopic (exact) mass is 263 g/mol. The lowest BCUT2D eigenvalue weighted by Crippen LogP contribution is -2.46. The Hall–Kier alpha value is -1.95. The van der Waals surface area contributed by atoms with Gasteiger partial charge >= 0.3 is 0 Å². The van der Waals surface area contributed by atoms with Gasteiger partial charge in [-0.15, -0.1) is 0 Å². The number of hydrogen-bond donors (Lipinski definition) is 2. The van der Waals surface area contributed by atoms with E-state index in [0.717, 1.165) is 19.4 Å². The third-order valence-electron chi connectivity index (χ3n) is 3.30. The van der Waals surface area contributed by atoms with E-state index >= 15 is 0 Å². The van der Waals surface area contributed by atoms with Crippen molar-refractivity contribution < 1.29 is 9.72 Å². The van der Waals surface area contributed by atoms with E-state index in [1.165, 1.54) is 24.3 Å². The number of nitro benzene ring substituents is 1. The summed E-state index contributed by atoms with van der Waals surface area (Å²) in [5.74, 6) is -0.172. The van der Waals surface area contributed by atoms with Gasteiger partial charge in [0.05, 0.1) is 4.92 Å². The maximum atomic E-state index is 12.0. The highest BCUT2D eigenvalue weighted by atomic mass is 16.6. The van der Waals surface area contributed by atoms with Gasteiger partial charge in [0.1, 0.15) is 0 Å². The second-order valence-corrected chi connectivity index (χ2v) is 4.85. The smallest absolute Gasteiger partial charge is 0.269 e. The first kappa shape index (κ1) is 13.5. The number of amides is 1. The summed E-state index contributed by atoms with van der Waals surface area (Å²) in [6.45, 7) is 2.98. The Bertz CT molecular complexity index is 473. The Labute approximate surface area is 111 Å². The molecule has 6 nitrogen and oxygen atoms in total. The van der Waals surface area contributed by atoms with Crippen LogP contribution >= 0.6 is 0 Å². The van der Waals surface area contributed by atoms with Crippen LogP contribution in [0.5, 0.6) is 0 Å². The second-order valence-electron chi connectivity index (χ2n) is 4.85. The minimum absolute atomic E-state index is 0.00737. The van der Waals surface area contributed by atoms with E-state index in [-0.39, 0.29) is 17.6 Å². The molecule has 1 heterocycles. The largest absolute Gasteiger partial charge is 0.349 e. The fourth-order valence-corrected chi connectivity index (χ4v) is 2.27. The Morgan fingerprint density at radius 3 is 2.68 bits per heavy atom. The van der Waals surface area contributed by atoms with Crippen LogP contribution in [0.15, 0.2) is 24.3 Å². The quantitative estimate of drug-likeness (QED) is 0.638. The number of carbonyl (C=O) groups excluding carboxylic acids is 1. The van der Waals surface area contributed by atoms with E-state index in [9.17, 15) is 14.9 Å². The summed E-state index contributed by atoms with van der Waals surface area (Å²) in [6, 6.07) is 6.23. The molecule has 1 saturated heterocycles. The molecule has 19 heavy (non-hydrogen) atoms. The van der Waals surface area contributed by atoms with Gasteiger partial charge in [0.25, 0.3) is 11.6 Å². The molecule has 0 aliphatic carbocycles. The number of nitrogens with one attached hydrogen (secondary N) is 2. The van der Waals surface area contributed by atoms with Gasteiger partial charge in [0.15, 0.2) is 0 Å². The molecule has 1 aliphatic heterocycles. The molecule has 0 bridgehead atoms. The molecule has 2 atom stereocenters. The maximum absolute atomic E-state index is 12.0. The minimum atomic E-state index is -0.476. The Balaban J connectivity index is 1.97. The predicted molar refractivity (Wildman–Crippen MR) is 71.0 cm³/mol. The molecule has 2 N–H and O–H groups in total. The van der Waals surface area contributed by atoms with E-state index in [1.54, 1.807) is 0 Å². The van der Waals surface area contributed by atoms with Gasteiger partial charge in [-0.25, -0.2) is 0 Å². The van der Waals surface area contributed by atoms with Crippen LogP contribution in [0.1, 0.15) is 30.1 Å². The zero-order valence-electron chi connectivity index (χ0n) is 10.8. The number of benzene rings is 1. The number of nitrogens with zero attached hydrogens (tertiary/aromatic N) is 1. The molecular formula is C13H17N3O3. The first-order chi connectivity index (χ1) is 9.06. The molecule has 1 aromatic carbocycles. The Kier molecular flexibility index (Phi) is 4.11. The molecule has 1 fully saturated rings. The number of piperidine rings is 1. The lowest BCUT2D eigenvalue weighted by Gasteiger charge is -2.28. The molecule has 102 valence electrons. The zero-order valence-corrected chi connectivity index (χ0v) is 10.8. The SMILES string of the molecule is CC1CC(NC(=O)c2ccc([N+](=O)[O-])cc2)CCN1. The maximum Gasteiger partial charge on any atom is 0.269 e. The lowest BCUT2D eigenvalue weighted by atomic mass is 10.0. The van der Waals surface area contributed by atoms with Crippen molar-refractivity contribution in [3.8, 4) is 0 Å². The molecule has 1 aromatic rings. The molecular weight excluding hydrogens is 246 g/mol. The van der Waals surface area contributed by atoms with E-state index in [0.29, 0.717) is 11.6 Å². The van der Waals surface area contributed by atoms with Gasteiger partial charge < -0.3 is 10.6 Å². The van der Waals surface area contributed by atoms with Crippen molar-refractivity contribution in [1.82, 2.24) is 10.6 Å². The standard InChI is InChI=1S/C13H17N3O3/c1-9-8-11(6-7-14-9)15-13(17)10-2-4-12(5-3-10)16(18)19/h2-5,9,11,14H,6-8H2,1H3,(H,15,17). The lowest BCUT2D eigenvalue weighted by molar-refractivity contribution is -0.384. The molecule has 2 rings (SSSR count). The molecule has 0 saturated carbocycles. The number of hydrogen-bond acceptors (Lipinski definition) is 4. The van der Waals surface area contributed by atoms with Crippen molar-refractivity contribution in [2.45, 2.75) is 31.8 Å². The van der Waals surface area contributed by atoms with Crippen LogP contribution in [0.2, 0.25) is 0 Å². The topological polar surface area (TPSA) is 84.3 Å². The molecule has 6 heteroatoms. The van der Waals surface area contributed by atoms with Crippen molar-refractivity contribution in [2.24, 2.45) is 0 Å². The van der Waals surface area contributed by atoms with Crippen molar-refractivity contribution >= 4 is 11.6 Å². The van der Waals surface area contributed by atoms with Crippen molar-refractivity contribution in [3.05, 3.63) is 39.9 Å². The average Bonchev–Trinajstić information content (AvgIpc) is 2.39. The van der Waals surface area contributed by atoms with E-state index < -0.39 is 4.92 Å². The minimum Gasteiger partial charge on any atom is -0.349 e. The first-order valence-electron chi connectivity index (χ1n) is 6.35. The number of rotatable bonds is 3. The third-order valence-corrected chi connectivity index (χ3v) is 3.30. The molecule has 1 aliphatic rings. The van der Waals surface area contributed by atoms with Crippen LogP contribution in [0.3, 0.4) is 0 Å². The van der Waals surface area contributed by atoms with Gasteiger partial charge in [0.2, 0.25) is 0 Å². The van der Waals surface area contributed by atoms with Crippen LogP contribution in [0, 0.1) is 10.1 Å². The fraction of sp³-hybridized carbons (Fsp3) is 0.462. The highest BCUT2D eigenvalue weighted by molar-refractivity contribution is 5.94. The van der Waals surface area contributed by atoms with Crippen molar-refractivity contribution in [2.75, 3.05) is 6.54 Å². The van der Waals surface area contributed by atoms with Crippen LogP contribution in [0.4, 0.5) is 5.69 Å². The summed E-state index contributed by atoms with van der Waals surface area (Å²) in [5.41, 5.74) is 0.448. The summed E-state index contributed by atoms with van der Waals surface area (Å²) in [7, 11) is 0. The molecule has 0 aromatic heterocycles. The van der Waals surface area contributed by atoms with Gasteiger partial charge in [-0.1, -0.05) is 0 Å². The summed E-state index contributed by atoms with van der Waals surface area (Å²) in [6.07, 6.45) is 1.81. The normalized spacial score (nSPS) is 22.8. The van der Waals surface area contributed by atoms with Crippen LogP contribution in [-0.4, -0.2) is 29.5 Å². The third kappa shape index (κ3) is 3.51. The Morgan fingerprint density at radius 1 is 1.42 bits per heavy atom. The van der Waals surface area contributed by atoms with E-state index in [1.807, 2.05) is 0 Å². The number of nitro groups is 1. The molecule has 2 unspecified atom stereocenters. The summed E-state index contributed by atoms with van der Waals surface area (Å²) >= 11 is 0. The van der Waals surface area contributed by atoms with Crippen LogP contribution in [-0.2, 0) is 0 Å². The summed E-state index contributed by atoms with van der Waals surface area (Å²) < 4.78 is 0. The molecule has 1 amide bonds. The summed E-state index contributed by atoms with van der Waals surface area (Å²) in [5, 5.41) is 16.8. The number of carbonyl (C=O) groups is 1. The van der Waals surface area contributed by atoms with Crippen LogP contribution in [0.25, 0.3) is 0 Å². The second kappa shape index (κ2) is 5.79. The first-order valence-corrected chi connectivity index (χ1v) is 6.35. The fourth-order valence-electron chi connectivity index (χ4n) is 2.27. The predicted octanol–water partition coefficient (Wildman–Crippen LogP) is 1.47. The van der Waals surface area contributed by atoms with Crippen molar-refractivity contribution in [1.29, 1.82) is 0 Å². The van der Waals surface area contributed by atoms with E-state index in [2.05, 4.69) is 17.6 Å². The van der Waals surface area contributed by atoms with E-state index in [4.69, 9.17) is 0 Å². The van der Waals surface area contributed by atoms with Gasteiger partial charge in [-0.3, -0.25) is 14.9 Å². The highest BCUT2D eigenvalue weighted by Gasteiger charge is 2.20.